The lowest BCUT2D eigenvalue weighted by Crippen LogP contribution is -2.32. The number of Topliss-reactive ketones (excluding diaryl/α,β-unsaturated/α-hetero) is 1. The predicted octanol–water partition coefficient (Wildman–Crippen LogP) is 1.35. The van der Waals surface area contributed by atoms with Crippen molar-refractivity contribution >= 4 is 11.8 Å². The van der Waals surface area contributed by atoms with Gasteiger partial charge in [-0.05, 0) is 13.0 Å². The molecule has 1 unspecified atom stereocenters. The molecule has 1 heterocycles. The van der Waals surface area contributed by atoms with Crippen LogP contribution in [0.5, 0.6) is 5.75 Å². The molecule has 1 atom stereocenters. The minimum absolute atomic E-state index is 0.0224. The van der Waals surface area contributed by atoms with Crippen LogP contribution in [0.2, 0.25) is 0 Å². The summed E-state index contributed by atoms with van der Waals surface area (Å²) in [7, 11) is 1.60. The van der Waals surface area contributed by atoms with Crippen molar-refractivity contribution in [2.75, 3.05) is 20.2 Å². The second-order valence-electron chi connectivity index (χ2n) is 4.33. The van der Waals surface area contributed by atoms with E-state index in [4.69, 9.17) is 4.74 Å². The molecule has 1 N–H and O–H groups in total. The number of carbonyl (C=O) groups excluding carboxylic acids is 2. The highest BCUT2D eigenvalue weighted by Crippen LogP contribution is 2.28. The van der Waals surface area contributed by atoms with Gasteiger partial charge in [0.15, 0.2) is 0 Å². The summed E-state index contributed by atoms with van der Waals surface area (Å²) in [5.74, 6) is 0.721. The van der Waals surface area contributed by atoms with E-state index >= 15 is 0 Å². The molecule has 0 aromatic heterocycles. The van der Waals surface area contributed by atoms with E-state index < -0.39 is 0 Å². The average Bonchev–Trinajstić information content (AvgIpc) is 2.70. The van der Waals surface area contributed by atoms with E-state index in [0.29, 0.717) is 6.54 Å². The Bertz CT molecular complexity index is 473. The second kappa shape index (κ2) is 5.08. The van der Waals surface area contributed by atoms with Crippen molar-refractivity contribution in [3.05, 3.63) is 29.8 Å². The summed E-state index contributed by atoms with van der Waals surface area (Å²) in [4.78, 5) is 24.3. The lowest BCUT2D eigenvalue weighted by molar-refractivity contribution is -0.117. The largest absolute Gasteiger partial charge is 0.496 e. The topological polar surface area (TPSA) is 58.6 Å². The standard InChI is InChI=1S/C13H16N2O3/c1-9(16)7-15-8-11(14-13(15)17)10-5-3-4-6-12(10)18-2/h3-6,11H,7-8H2,1-2H3,(H,14,17). The number of nitrogens with zero attached hydrogens (tertiary/aromatic N) is 1. The molecule has 5 heteroatoms. The zero-order chi connectivity index (χ0) is 13.1. The third-order valence-corrected chi connectivity index (χ3v) is 2.92. The first-order valence-electron chi connectivity index (χ1n) is 5.79. The number of ketones is 1. The number of methoxy groups -OCH3 is 1. The number of hydrogen-bond donors (Lipinski definition) is 1. The van der Waals surface area contributed by atoms with Crippen LogP contribution >= 0.6 is 0 Å². The van der Waals surface area contributed by atoms with Gasteiger partial charge >= 0.3 is 6.03 Å². The van der Waals surface area contributed by atoms with Crippen LogP contribution in [-0.4, -0.2) is 36.9 Å². The van der Waals surface area contributed by atoms with Gasteiger partial charge in [0.25, 0.3) is 0 Å². The maximum absolute atomic E-state index is 11.7. The molecule has 0 aliphatic carbocycles. The molecule has 2 amide bonds. The highest BCUT2D eigenvalue weighted by molar-refractivity contribution is 5.85. The number of para-hydroxylation sites is 1. The zero-order valence-electron chi connectivity index (χ0n) is 10.5. The van der Waals surface area contributed by atoms with Gasteiger partial charge in [-0.25, -0.2) is 4.79 Å². The van der Waals surface area contributed by atoms with Crippen molar-refractivity contribution in [3.8, 4) is 5.75 Å². The smallest absolute Gasteiger partial charge is 0.318 e. The van der Waals surface area contributed by atoms with Crippen LogP contribution in [-0.2, 0) is 4.79 Å². The van der Waals surface area contributed by atoms with Gasteiger partial charge in [0.2, 0.25) is 0 Å². The summed E-state index contributed by atoms with van der Waals surface area (Å²) in [6.45, 7) is 2.11. The first kappa shape index (κ1) is 12.4. The van der Waals surface area contributed by atoms with Gasteiger partial charge in [-0.15, -0.1) is 0 Å². The molecule has 96 valence electrons. The Labute approximate surface area is 106 Å². The highest BCUT2D eigenvalue weighted by Gasteiger charge is 2.31. The van der Waals surface area contributed by atoms with E-state index in [2.05, 4.69) is 5.32 Å². The Morgan fingerprint density at radius 3 is 2.89 bits per heavy atom. The predicted molar refractivity (Wildman–Crippen MR) is 66.5 cm³/mol. The van der Waals surface area contributed by atoms with Crippen LogP contribution in [0.4, 0.5) is 4.79 Å². The summed E-state index contributed by atoms with van der Waals surface area (Å²) in [5.41, 5.74) is 0.930. The van der Waals surface area contributed by atoms with E-state index in [1.807, 2.05) is 24.3 Å². The summed E-state index contributed by atoms with van der Waals surface area (Å²) in [6, 6.07) is 7.22. The van der Waals surface area contributed by atoms with Crippen molar-refractivity contribution in [1.29, 1.82) is 0 Å². The van der Waals surface area contributed by atoms with E-state index in [9.17, 15) is 9.59 Å². The molecule has 5 nitrogen and oxygen atoms in total. The second-order valence-corrected chi connectivity index (χ2v) is 4.33. The van der Waals surface area contributed by atoms with Gasteiger partial charge in [0.05, 0.1) is 19.7 Å². The maximum atomic E-state index is 11.7. The number of rotatable bonds is 4. The Balaban J connectivity index is 2.16. The fraction of sp³-hybridized carbons (Fsp3) is 0.385. The number of benzene rings is 1. The molecule has 2 rings (SSSR count). The molecule has 1 aromatic carbocycles. The molecule has 0 bridgehead atoms. The summed E-state index contributed by atoms with van der Waals surface area (Å²) in [5, 5.41) is 2.86. The molecule has 0 saturated carbocycles. The zero-order valence-corrected chi connectivity index (χ0v) is 10.5. The molecule has 0 radical (unpaired) electrons. The monoisotopic (exact) mass is 248 g/mol. The molecule has 1 aliphatic rings. The van der Waals surface area contributed by atoms with Crippen molar-refractivity contribution in [1.82, 2.24) is 10.2 Å². The number of hydrogen-bond acceptors (Lipinski definition) is 3. The van der Waals surface area contributed by atoms with Gasteiger partial charge < -0.3 is 15.0 Å². The van der Waals surface area contributed by atoms with Crippen molar-refractivity contribution in [2.45, 2.75) is 13.0 Å². The number of ether oxygens (including phenoxy) is 1. The van der Waals surface area contributed by atoms with Crippen LogP contribution in [0, 0.1) is 0 Å². The molecular weight excluding hydrogens is 232 g/mol. The van der Waals surface area contributed by atoms with Gasteiger partial charge in [0.1, 0.15) is 11.5 Å². The normalized spacial score (nSPS) is 18.7. The third-order valence-electron chi connectivity index (χ3n) is 2.92. The van der Waals surface area contributed by atoms with E-state index in [0.717, 1.165) is 11.3 Å². The number of nitrogens with one attached hydrogen (secondary N) is 1. The van der Waals surface area contributed by atoms with Gasteiger partial charge in [-0.3, -0.25) is 4.79 Å². The van der Waals surface area contributed by atoms with Crippen molar-refractivity contribution in [3.63, 3.8) is 0 Å². The first-order valence-corrected chi connectivity index (χ1v) is 5.79. The Morgan fingerprint density at radius 1 is 1.50 bits per heavy atom. The first-order chi connectivity index (χ1) is 8.61. The number of urea groups is 1. The number of amides is 2. The van der Waals surface area contributed by atoms with Gasteiger partial charge in [0, 0.05) is 12.1 Å². The average molecular weight is 248 g/mol. The number of carbonyl (C=O) groups is 2. The Hall–Kier alpha value is -2.04. The summed E-state index contributed by atoms with van der Waals surface area (Å²) < 4.78 is 5.27. The molecule has 1 aliphatic heterocycles. The minimum atomic E-state index is -0.207. The van der Waals surface area contributed by atoms with Crippen LogP contribution in [0.15, 0.2) is 24.3 Å². The highest BCUT2D eigenvalue weighted by atomic mass is 16.5. The third kappa shape index (κ3) is 2.45. The van der Waals surface area contributed by atoms with Gasteiger partial charge in [-0.2, -0.15) is 0 Å². The SMILES string of the molecule is COc1ccccc1C1CN(CC(C)=O)C(=O)N1. The quantitative estimate of drug-likeness (QED) is 0.875. The molecule has 1 fully saturated rings. The van der Waals surface area contributed by atoms with Crippen LogP contribution in [0.25, 0.3) is 0 Å². The fourth-order valence-corrected chi connectivity index (χ4v) is 2.12. The molecule has 1 aromatic rings. The van der Waals surface area contributed by atoms with Crippen LogP contribution in [0.3, 0.4) is 0 Å². The van der Waals surface area contributed by atoms with E-state index in [1.54, 1.807) is 7.11 Å². The van der Waals surface area contributed by atoms with E-state index in [1.165, 1.54) is 11.8 Å². The Kier molecular flexibility index (Phi) is 3.50. The van der Waals surface area contributed by atoms with Crippen molar-refractivity contribution < 1.29 is 14.3 Å². The fourth-order valence-electron chi connectivity index (χ4n) is 2.12. The summed E-state index contributed by atoms with van der Waals surface area (Å²) >= 11 is 0. The van der Waals surface area contributed by atoms with Crippen molar-refractivity contribution in [2.24, 2.45) is 0 Å². The molecular formula is C13H16N2O3. The lowest BCUT2D eigenvalue weighted by Gasteiger charge is -2.14. The molecule has 1 saturated heterocycles. The maximum Gasteiger partial charge on any atom is 0.318 e. The summed E-state index contributed by atoms with van der Waals surface area (Å²) in [6.07, 6.45) is 0. The van der Waals surface area contributed by atoms with Crippen LogP contribution in [0.1, 0.15) is 18.5 Å². The van der Waals surface area contributed by atoms with E-state index in [-0.39, 0.29) is 24.4 Å². The minimum Gasteiger partial charge on any atom is -0.496 e. The Morgan fingerprint density at radius 2 is 2.22 bits per heavy atom. The van der Waals surface area contributed by atoms with Gasteiger partial charge in [-0.1, -0.05) is 18.2 Å². The molecule has 18 heavy (non-hydrogen) atoms. The molecule has 0 spiro atoms. The lowest BCUT2D eigenvalue weighted by atomic mass is 10.1. The van der Waals surface area contributed by atoms with Crippen LogP contribution < -0.4 is 10.1 Å².